The molecular formula is C24H30ClFN2O3. The van der Waals surface area contributed by atoms with E-state index in [0.29, 0.717) is 17.2 Å². The van der Waals surface area contributed by atoms with Gasteiger partial charge in [-0.2, -0.15) is 0 Å². The molecule has 5 nitrogen and oxygen atoms in total. The average Bonchev–Trinajstić information content (AvgIpc) is 2.70. The number of carbonyl (C=O) groups is 2. The van der Waals surface area contributed by atoms with Crippen molar-refractivity contribution in [3.05, 3.63) is 63.9 Å². The van der Waals surface area contributed by atoms with Crippen molar-refractivity contribution >= 4 is 23.4 Å². The molecule has 2 aromatic carbocycles. The number of nitrogens with one attached hydrogen (secondary N) is 1. The van der Waals surface area contributed by atoms with Gasteiger partial charge in [0.1, 0.15) is 17.6 Å². The molecule has 31 heavy (non-hydrogen) atoms. The van der Waals surface area contributed by atoms with Crippen molar-refractivity contribution < 1.29 is 18.7 Å². The highest BCUT2D eigenvalue weighted by molar-refractivity contribution is 6.32. The fourth-order valence-corrected chi connectivity index (χ4v) is 3.41. The van der Waals surface area contributed by atoms with Crippen molar-refractivity contribution in [1.82, 2.24) is 10.2 Å². The molecule has 0 aliphatic heterocycles. The van der Waals surface area contributed by atoms with E-state index in [-0.39, 0.29) is 36.8 Å². The van der Waals surface area contributed by atoms with Gasteiger partial charge in [-0.15, -0.1) is 0 Å². The zero-order valence-corrected chi connectivity index (χ0v) is 19.4. The average molecular weight is 449 g/mol. The molecular weight excluding hydrogens is 419 g/mol. The molecule has 0 saturated carbocycles. The number of hydrogen-bond donors (Lipinski definition) is 1. The molecule has 0 spiro atoms. The smallest absolute Gasteiger partial charge is 0.261 e. The summed E-state index contributed by atoms with van der Waals surface area (Å²) >= 11 is 6.20. The van der Waals surface area contributed by atoms with Gasteiger partial charge in [0.25, 0.3) is 5.91 Å². The molecule has 2 aromatic rings. The van der Waals surface area contributed by atoms with Crippen LogP contribution in [0.15, 0.2) is 36.4 Å². The summed E-state index contributed by atoms with van der Waals surface area (Å²) in [6.07, 6.45) is 0.435. The number of hydrogen-bond acceptors (Lipinski definition) is 3. The summed E-state index contributed by atoms with van der Waals surface area (Å²) in [4.78, 5) is 27.4. The van der Waals surface area contributed by atoms with Gasteiger partial charge in [0.2, 0.25) is 5.91 Å². The Bertz CT molecular complexity index is 893. The Morgan fingerprint density at radius 1 is 1.13 bits per heavy atom. The number of ether oxygens (including phenoxy) is 1. The molecule has 0 aliphatic carbocycles. The van der Waals surface area contributed by atoms with Crippen LogP contribution in [0.2, 0.25) is 5.02 Å². The van der Waals surface area contributed by atoms with Crippen LogP contribution >= 0.6 is 11.6 Å². The largest absolute Gasteiger partial charge is 0.484 e. The topological polar surface area (TPSA) is 58.6 Å². The highest BCUT2D eigenvalue weighted by atomic mass is 35.5. The van der Waals surface area contributed by atoms with E-state index in [9.17, 15) is 14.0 Å². The summed E-state index contributed by atoms with van der Waals surface area (Å²) < 4.78 is 19.0. The van der Waals surface area contributed by atoms with Crippen LogP contribution in [0.3, 0.4) is 0 Å². The quantitative estimate of drug-likeness (QED) is 0.599. The molecule has 1 N–H and O–H groups in total. The maximum absolute atomic E-state index is 13.3. The van der Waals surface area contributed by atoms with Gasteiger partial charge in [0, 0.05) is 17.6 Å². The van der Waals surface area contributed by atoms with Gasteiger partial charge in [-0.1, -0.05) is 30.7 Å². The van der Waals surface area contributed by atoms with Gasteiger partial charge in [-0.05, 0) is 75.1 Å². The Kier molecular flexibility index (Phi) is 8.87. The van der Waals surface area contributed by atoms with E-state index in [0.717, 1.165) is 16.7 Å². The molecule has 0 heterocycles. The minimum Gasteiger partial charge on any atom is -0.484 e. The normalized spacial score (nSPS) is 11.9. The lowest BCUT2D eigenvalue weighted by atomic mass is 10.1. The molecule has 0 fully saturated rings. The van der Waals surface area contributed by atoms with E-state index in [1.165, 1.54) is 17.0 Å². The number of rotatable bonds is 9. The van der Waals surface area contributed by atoms with Crippen LogP contribution in [0.5, 0.6) is 5.75 Å². The fourth-order valence-electron chi connectivity index (χ4n) is 3.30. The molecule has 0 saturated heterocycles. The molecule has 1 unspecified atom stereocenters. The van der Waals surface area contributed by atoms with Gasteiger partial charge in [-0.3, -0.25) is 9.59 Å². The summed E-state index contributed by atoms with van der Waals surface area (Å²) in [6, 6.07) is 8.71. The third-order valence-electron chi connectivity index (χ3n) is 4.86. The number of aryl methyl sites for hydroxylation is 2. The lowest BCUT2D eigenvalue weighted by molar-refractivity contribution is -0.143. The minimum absolute atomic E-state index is 0.0550. The molecule has 2 rings (SSSR count). The van der Waals surface area contributed by atoms with Crippen LogP contribution in [-0.4, -0.2) is 35.4 Å². The summed E-state index contributed by atoms with van der Waals surface area (Å²) in [5.41, 5.74) is 2.44. The molecule has 0 aromatic heterocycles. The predicted molar refractivity (Wildman–Crippen MR) is 121 cm³/mol. The first-order valence-corrected chi connectivity index (χ1v) is 10.7. The van der Waals surface area contributed by atoms with Crippen molar-refractivity contribution in [1.29, 1.82) is 0 Å². The van der Waals surface area contributed by atoms with E-state index in [2.05, 4.69) is 5.32 Å². The second kappa shape index (κ2) is 11.1. The second-order valence-corrected chi connectivity index (χ2v) is 8.27. The zero-order valence-electron chi connectivity index (χ0n) is 18.7. The predicted octanol–water partition coefficient (Wildman–Crippen LogP) is 4.81. The number of amides is 2. The summed E-state index contributed by atoms with van der Waals surface area (Å²) in [5.74, 6) is -0.385. The van der Waals surface area contributed by atoms with E-state index in [1.54, 1.807) is 24.3 Å². The maximum atomic E-state index is 13.3. The van der Waals surface area contributed by atoms with E-state index in [4.69, 9.17) is 16.3 Å². The van der Waals surface area contributed by atoms with Gasteiger partial charge in [-0.25, -0.2) is 4.39 Å². The van der Waals surface area contributed by atoms with Crippen molar-refractivity contribution in [2.75, 3.05) is 6.61 Å². The molecule has 0 bridgehead atoms. The number of halogens is 2. The van der Waals surface area contributed by atoms with E-state index < -0.39 is 6.04 Å². The summed E-state index contributed by atoms with van der Waals surface area (Å²) in [5, 5.41) is 3.53. The Morgan fingerprint density at radius 3 is 2.23 bits per heavy atom. The van der Waals surface area contributed by atoms with Crippen LogP contribution < -0.4 is 10.1 Å². The van der Waals surface area contributed by atoms with Crippen LogP contribution in [-0.2, 0) is 16.1 Å². The Hall–Kier alpha value is -2.60. The first-order valence-electron chi connectivity index (χ1n) is 10.4. The van der Waals surface area contributed by atoms with Crippen LogP contribution in [0.4, 0.5) is 4.39 Å². The minimum atomic E-state index is -0.669. The molecule has 1 atom stereocenters. The number of carbonyl (C=O) groups excluding carboxylic acids is 2. The van der Waals surface area contributed by atoms with Gasteiger partial charge >= 0.3 is 0 Å². The van der Waals surface area contributed by atoms with Crippen LogP contribution in [0.1, 0.15) is 43.9 Å². The molecule has 7 heteroatoms. The number of nitrogens with zero attached hydrogens (tertiary/aromatic N) is 1. The van der Waals surface area contributed by atoms with Crippen molar-refractivity contribution in [3.8, 4) is 5.75 Å². The standard InChI is InChI=1S/C24H30ClFN2O3/c1-6-21(24(30)27-15(2)3)28(13-18-7-9-19(26)10-8-18)22(29)14-31-20-11-16(4)23(25)17(5)12-20/h7-12,15,21H,6,13-14H2,1-5H3,(H,27,30). The van der Waals surface area contributed by atoms with Gasteiger partial charge in [0.15, 0.2) is 6.61 Å². The van der Waals surface area contributed by atoms with E-state index >= 15 is 0 Å². The van der Waals surface area contributed by atoms with Crippen molar-refractivity contribution in [2.45, 2.75) is 59.7 Å². The Morgan fingerprint density at radius 2 is 1.71 bits per heavy atom. The third-order valence-corrected chi connectivity index (χ3v) is 5.45. The highest BCUT2D eigenvalue weighted by Gasteiger charge is 2.29. The molecule has 0 radical (unpaired) electrons. The highest BCUT2D eigenvalue weighted by Crippen LogP contribution is 2.26. The second-order valence-electron chi connectivity index (χ2n) is 7.90. The first kappa shape index (κ1) is 24.7. The number of benzene rings is 2. The maximum Gasteiger partial charge on any atom is 0.261 e. The van der Waals surface area contributed by atoms with E-state index in [1.807, 2.05) is 34.6 Å². The van der Waals surface area contributed by atoms with Crippen LogP contribution in [0, 0.1) is 19.7 Å². The molecule has 168 valence electrons. The van der Waals surface area contributed by atoms with Crippen LogP contribution in [0.25, 0.3) is 0 Å². The lowest BCUT2D eigenvalue weighted by Gasteiger charge is -2.31. The Balaban J connectivity index is 2.23. The fraction of sp³-hybridized carbons (Fsp3) is 0.417. The molecule has 0 aliphatic rings. The van der Waals surface area contributed by atoms with Crippen molar-refractivity contribution in [2.24, 2.45) is 0 Å². The van der Waals surface area contributed by atoms with Gasteiger partial charge in [0.05, 0.1) is 0 Å². The lowest BCUT2D eigenvalue weighted by Crippen LogP contribution is -2.51. The monoisotopic (exact) mass is 448 g/mol. The third kappa shape index (κ3) is 6.96. The summed E-state index contributed by atoms with van der Waals surface area (Å²) in [7, 11) is 0. The molecule has 2 amide bonds. The Labute approximate surface area is 188 Å². The first-order chi connectivity index (χ1) is 14.6. The zero-order chi connectivity index (χ0) is 23.1. The van der Waals surface area contributed by atoms with Gasteiger partial charge < -0.3 is 15.0 Å². The SMILES string of the molecule is CCC(C(=O)NC(C)C)N(Cc1ccc(F)cc1)C(=O)COc1cc(C)c(Cl)c(C)c1. The van der Waals surface area contributed by atoms with Crippen molar-refractivity contribution in [3.63, 3.8) is 0 Å². The summed E-state index contributed by atoms with van der Waals surface area (Å²) in [6.45, 7) is 9.26.